The van der Waals surface area contributed by atoms with E-state index < -0.39 is 18.4 Å². The van der Waals surface area contributed by atoms with Crippen molar-refractivity contribution in [2.45, 2.75) is 19.3 Å². The molecular weight excluding hydrogens is 223 g/mol. The second-order valence-corrected chi connectivity index (χ2v) is 2.79. The third kappa shape index (κ3) is 2.68. The highest BCUT2D eigenvalue weighted by Gasteiger charge is 2.36. The van der Waals surface area contributed by atoms with E-state index in [4.69, 9.17) is 12.0 Å². The number of nitrogens with zero attached hydrogens (tertiary/aromatic N) is 5. The first kappa shape index (κ1) is 11.9. The fourth-order valence-electron chi connectivity index (χ4n) is 1.10. The molecule has 0 bridgehead atoms. The Balaban J connectivity index is 3.13. The Kier molecular flexibility index (Phi) is 3.43. The van der Waals surface area contributed by atoms with Crippen LogP contribution in [0.1, 0.15) is 11.3 Å². The topological polar surface area (TPSA) is 66.6 Å². The number of rotatable bonds is 3. The second-order valence-electron chi connectivity index (χ2n) is 2.79. The summed E-state index contributed by atoms with van der Waals surface area (Å²) in [5.41, 5.74) is 6.78. The molecule has 1 heterocycles. The molecule has 0 aliphatic rings. The summed E-state index contributed by atoms with van der Waals surface area (Å²) in [6, 6.07) is 0. The zero-order valence-electron chi connectivity index (χ0n) is 7.94. The molecule has 1 aromatic heterocycles. The first-order chi connectivity index (χ1) is 7.49. The number of terminal acetylenes is 1. The van der Waals surface area contributed by atoms with Gasteiger partial charge in [-0.25, -0.2) is 0 Å². The molecule has 0 radical (unpaired) electrons. The lowest BCUT2D eigenvalue weighted by Crippen LogP contribution is -2.09. The maximum atomic E-state index is 12.5. The molecule has 0 aliphatic heterocycles. The average molecular weight is 229 g/mol. The summed E-state index contributed by atoms with van der Waals surface area (Å²) in [7, 11) is 0. The number of alkyl halides is 3. The van der Waals surface area contributed by atoms with Crippen LogP contribution in [0, 0.1) is 12.3 Å². The largest absolute Gasteiger partial charge is 0.435 e. The normalized spacial score (nSPS) is 10.6. The lowest BCUT2D eigenvalue weighted by atomic mass is 10.2. The number of hydrogen-bond acceptors (Lipinski definition) is 2. The molecule has 1 rings (SSSR count). The first-order valence-corrected chi connectivity index (χ1v) is 4.07. The molecule has 5 nitrogen and oxygen atoms in total. The lowest BCUT2D eigenvalue weighted by Gasteiger charge is -2.03. The van der Waals surface area contributed by atoms with Gasteiger partial charge in [0, 0.05) is 16.7 Å². The van der Waals surface area contributed by atoms with Gasteiger partial charge in [-0.3, -0.25) is 4.68 Å². The van der Waals surface area contributed by atoms with Crippen molar-refractivity contribution >= 4 is 0 Å². The van der Waals surface area contributed by atoms with Crippen LogP contribution in [-0.2, 0) is 19.3 Å². The van der Waals surface area contributed by atoms with Crippen molar-refractivity contribution in [3.63, 3.8) is 0 Å². The Morgan fingerprint density at radius 1 is 1.62 bits per heavy atom. The van der Waals surface area contributed by atoms with Gasteiger partial charge in [0.15, 0.2) is 5.69 Å². The van der Waals surface area contributed by atoms with Gasteiger partial charge in [0.05, 0.1) is 6.54 Å². The molecule has 0 saturated carbocycles. The predicted octanol–water partition coefficient (Wildman–Crippen LogP) is 2.35. The van der Waals surface area contributed by atoms with Gasteiger partial charge in [0.25, 0.3) is 0 Å². The molecule has 1 aromatic rings. The minimum absolute atomic E-state index is 0.0701. The molecule has 8 heteroatoms. The molecule has 84 valence electrons. The minimum atomic E-state index is -4.58. The standard InChI is InChI=1S/C8H6F3N5/c1-2-3-16-5-6(4-13-15-12)7(14-16)8(9,10)11/h1,5H,3-4H2. The highest BCUT2D eigenvalue weighted by molar-refractivity contribution is 5.20. The van der Waals surface area contributed by atoms with Gasteiger partial charge in [-0.2, -0.15) is 18.3 Å². The molecule has 0 spiro atoms. The SMILES string of the molecule is C#CCn1cc(CN=[N+]=[N-])c(C(F)(F)F)n1. The van der Waals surface area contributed by atoms with Gasteiger partial charge < -0.3 is 0 Å². The summed E-state index contributed by atoms with van der Waals surface area (Å²) in [4.78, 5) is 2.39. The van der Waals surface area contributed by atoms with Crippen LogP contribution in [0.15, 0.2) is 11.3 Å². The lowest BCUT2D eigenvalue weighted by molar-refractivity contribution is -0.142. The predicted molar refractivity (Wildman–Crippen MR) is 48.9 cm³/mol. The average Bonchev–Trinajstić information content (AvgIpc) is 2.58. The van der Waals surface area contributed by atoms with Crippen LogP contribution in [0.3, 0.4) is 0 Å². The van der Waals surface area contributed by atoms with E-state index in [-0.39, 0.29) is 12.1 Å². The molecule has 0 unspecified atom stereocenters. The van der Waals surface area contributed by atoms with Gasteiger partial charge in [0.1, 0.15) is 6.54 Å². The van der Waals surface area contributed by atoms with Crippen molar-refractivity contribution in [2.75, 3.05) is 0 Å². The summed E-state index contributed by atoms with van der Waals surface area (Å²) in [6.45, 7) is -0.477. The molecule has 0 aromatic carbocycles. The molecule has 0 N–H and O–H groups in total. The van der Waals surface area contributed by atoms with Crippen LogP contribution in [0.25, 0.3) is 10.4 Å². The van der Waals surface area contributed by atoms with Gasteiger partial charge in [-0.15, -0.1) is 6.42 Å². The number of halogens is 3. The van der Waals surface area contributed by atoms with E-state index in [1.165, 1.54) is 0 Å². The highest BCUT2D eigenvalue weighted by Crippen LogP contribution is 2.30. The minimum Gasteiger partial charge on any atom is -0.260 e. The van der Waals surface area contributed by atoms with Gasteiger partial charge in [-0.1, -0.05) is 11.0 Å². The molecular formula is C8H6F3N5. The van der Waals surface area contributed by atoms with Crippen LogP contribution in [0.4, 0.5) is 13.2 Å². The van der Waals surface area contributed by atoms with Crippen molar-refractivity contribution in [1.82, 2.24) is 9.78 Å². The summed E-state index contributed by atoms with van der Waals surface area (Å²) >= 11 is 0. The van der Waals surface area contributed by atoms with Crippen molar-refractivity contribution < 1.29 is 13.2 Å². The van der Waals surface area contributed by atoms with Gasteiger partial charge in [-0.05, 0) is 5.53 Å². The van der Waals surface area contributed by atoms with E-state index in [9.17, 15) is 13.2 Å². The van der Waals surface area contributed by atoms with E-state index >= 15 is 0 Å². The van der Waals surface area contributed by atoms with Crippen LogP contribution in [-0.4, -0.2) is 9.78 Å². The maximum Gasteiger partial charge on any atom is 0.435 e. The van der Waals surface area contributed by atoms with E-state index in [2.05, 4.69) is 21.0 Å². The van der Waals surface area contributed by atoms with E-state index in [0.29, 0.717) is 0 Å². The van der Waals surface area contributed by atoms with Crippen LogP contribution < -0.4 is 0 Å². The van der Waals surface area contributed by atoms with E-state index in [1.54, 1.807) is 0 Å². The van der Waals surface area contributed by atoms with Crippen LogP contribution in [0.2, 0.25) is 0 Å². The third-order valence-corrected chi connectivity index (χ3v) is 1.66. The van der Waals surface area contributed by atoms with Gasteiger partial charge in [0.2, 0.25) is 0 Å². The van der Waals surface area contributed by atoms with Crippen molar-refractivity contribution in [3.8, 4) is 12.3 Å². The molecule has 0 aliphatic carbocycles. The Labute approximate surface area is 88.5 Å². The molecule has 0 atom stereocenters. The number of aromatic nitrogens is 2. The zero-order valence-corrected chi connectivity index (χ0v) is 7.94. The smallest absolute Gasteiger partial charge is 0.260 e. The Morgan fingerprint density at radius 3 is 2.81 bits per heavy atom. The fraction of sp³-hybridized carbons (Fsp3) is 0.375. The number of azide groups is 1. The summed E-state index contributed by atoms with van der Waals surface area (Å²) < 4.78 is 38.4. The molecule has 0 fully saturated rings. The van der Waals surface area contributed by atoms with Crippen LogP contribution >= 0.6 is 0 Å². The highest BCUT2D eigenvalue weighted by atomic mass is 19.4. The van der Waals surface area contributed by atoms with Crippen molar-refractivity contribution in [3.05, 3.63) is 27.9 Å². The van der Waals surface area contributed by atoms with E-state index in [0.717, 1.165) is 10.9 Å². The molecule has 0 amide bonds. The molecule has 0 saturated heterocycles. The Bertz CT molecular complexity index is 461. The molecule has 16 heavy (non-hydrogen) atoms. The van der Waals surface area contributed by atoms with Crippen LogP contribution in [0.5, 0.6) is 0 Å². The fourth-order valence-corrected chi connectivity index (χ4v) is 1.10. The monoisotopic (exact) mass is 229 g/mol. The van der Waals surface area contributed by atoms with Crippen molar-refractivity contribution in [1.29, 1.82) is 0 Å². The summed E-state index contributed by atoms with van der Waals surface area (Å²) in [6.07, 6.45) is 1.49. The first-order valence-electron chi connectivity index (χ1n) is 4.07. The second kappa shape index (κ2) is 4.59. The van der Waals surface area contributed by atoms with E-state index in [1.807, 2.05) is 0 Å². The number of hydrogen-bond donors (Lipinski definition) is 0. The maximum absolute atomic E-state index is 12.5. The quantitative estimate of drug-likeness (QED) is 0.339. The summed E-state index contributed by atoms with van der Waals surface area (Å²) in [5, 5.41) is 6.36. The third-order valence-electron chi connectivity index (χ3n) is 1.66. The zero-order chi connectivity index (χ0) is 12.2. The Hall–Kier alpha value is -2.13. The summed E-state index contributed by atoms with van der Waals surface area (Å²) in [5.74, 6) is 2.16. The van der Waals surface area contributed by atoms with Crippen molar-refractivity contribution in [2.24, 2.45) is 5.11 Å². The Morgan fingerprint density at radius 2 is 2.31 bits per heavy atom. The van der Waals surface area contributed by atoms with Gasteiger partial charge >= 0.3 is 6.18 Å².